The Kier molecular flexibility index (Phi) is 5.82. The number of rotatable bonds is 6. The normalized spacial score (nSPS) is 17.6. The van der Waals surface area contributed by atoms with Crippen LogP contribution in [0.15, 0.2) is 42.7 Å². The third-order valence-electron chi connectivity index (χ3n) is 4.44. The number of benzene rings is 1. The summed E-state index contributed by atoms with van der Waals surface area (Å²) >= 11 is 0. The van der Waals surface area contributed by atoms with Crippen LogP contribution in [0.3, 0.4) is 0 Å². The second kappa shape index (κ2) is 8.46. The van der Waals surface area contributed by atoms with Gasteiger partial charge >= 0.3 is 0 Å². The summed E-state index contributed by atoms with van der Waals surface area (Å²) in [6.45, 7) is 1.28. The van der Waals surface area contributed by atoms with Crippen LogP contribution >= 0.6 is 0 Å². The van der Waals surface area contributed by atoms with E-state index in [0.29, 0.717) is 25.8 Å². The van der Waals surface area contributed by atoms with Crippen molar-refractivity contribution >= 4 is 11.8 Å². The average Bonchev–Trinajstić information content (AvgIpc) is 2.93. The standard InChI is InChI=1S/C19H24N4O2/c24-18-9-5-4-8-16(22-18)19(25)21-11-10-17-20-12-13-23(17)14-15-6-2-1-3-7-15/h1-3,6-7,12-13,16H,4-5,8-11,14H2,(H,21,25)(H,22,24). The lowest BCUT2D eigenvalue weighted by Crippen LogP contribution is -2.46. The minimum Gasteiger partial charge on any atom is -0.354 e. The number of aromatic nitrogens is 2. The van der Waals surface area contributed by atoms with Gasteiger partial charge in [0.05, 0.1) is 0 Å². The van der Waals surface area contributed by atoms with E-state index in [0.717, 1.165) is 25.2 Å². The first-order valence-corrected chi connectivity index (χ1v) is 8.83. The molecule has 1 unspecified atom stereocenters. The van der Waals surface area contributed by atoms with Gasteiger partial charge in [-0.1, -0.05) is 36.8 Å². The molecule has 6 heteroatoms. The van der Waals surface area contributed by atoms with Gasteiger partial charge in [0.2, 0.25) is 11.8 Å². The minimum absolute atomic E-state index is 0.0314. The highest BCUT2D eigenvalue weighted by Crippen LogP contribution is 2.10. The summed E-state index contributed by atoms with van der Waals surface area (Å²) in [7, 11) is 0. The summed E-state index contributed by atoms with van der Waals surface area (Å²) in [5, 5.41) is 5.72. The van der Waals surface area contributed by atoms with Crippen molar-refractivity contribution in [3.63, 3.8) is 0 Å². The molecule has 1 atom stereocenters. The van der Waals surface area contributed by atoms with Gasteiger partial charge in [0, 0.05) is 38.3 Å². The Hall–Kier alpha value is -2.63. The fourth-order valence-corrected chi connectivity index (χ4v) is 3.08. The van der Waals surface area contributed by atoms with Gasteiger partial charge in [-0.25, -0.2) is 4.98 Å². The number of imidazole rings is 1. The minimum atomic E-state index is -0.404. The zero-order chi connectivity index (χ0) is 17.5. The van der Waals surface area contributed by atoms with Gasteiger partial charge in [-0.2, -0.15) is 0 Å². The Morgan fingerprint density at radius 3 is 2.96 bits per heavy atom. The van der Waals surface area contributed by atoms with Crippen LogP contribution in [0.25, 0.3) is 0 Å². The SMILES string of the molecule is O=C1CCCCC(C(=O)NCCc2nccn2Cc2ccccc2)N1. The van der Waals surface area contributed by atoms with Crippen molar-refractivity contribution in [3.05, 3.63) is 54.1 Å². The first-order valence-electron chi connectivity index (χ1n) is 8.83. The summed E-state index contributed by atoms with van der Waals surface area (Å²) < 4.78 is 2.09. The molecule has 0 aliphatic carbocycles. The van der Waals surface area contributed by atoms with Crippen LogP contribution in [-0.2, 0) is 22.6 Å². The molecule has 25 heavy (non-hydrogen) atoms. The van der Waals surface area contributed by atoms with Gasteiger partial charge in [-0.3, -0.25) is 9.59 Å². The van der Waals surface area contributed by atoms with Crippen molar-refractivity contribution in [2.45, 2.75) is 44.7 Å². The third-order valence-corrected chi connectivity index (χ3v) is 4.44. The summed E-state index contributed by atoms with van der Waals surface area (Å²) in [6, 6.07) is 9.81. The zero-order valence-corrected chi connectivity index (χ0v) is 14.3. The van der Waals surface area contributed by atoms with Crippen LogP contribution in [0.1, 0.15) is 37.1 Å². The fraction of sp³-hybridized carbons (Fsp3) is 0.421. The summed E-state index contributed by atoms with van der Waals surface area (Å²) in [5.41, 5.74) is 1.21. The molecule has 0 radical (unpaired) electrons. The number of carbonyl (C=O) groups excluding carboxylic acids is 2. The van der Waals surface area contributed by atoms with Gasteiger partial charge in [0.15, 0.2) is 0 Å². The molecule has 1 fully saturated rings. The molecule has 0 spiro atoms. The summed E-state index contributed by atoms with van der Waals surface area (Å²) in [5.74, 6) is 0.807. The smallest absolute Gasteiger partial charge is 0.242 e. The highest BCUT2D eigenvalue weighted by atomic mass is 16.2. The Morgan fingerprint density at radius 1 is 1.28 bits per heavy atom. The van der Waals surface area contributed by atoms with Crippen LogP contribution < -0.4 is 10.6 Å². The van der Waals surface area contributed by atoms with Gasteiger partial charge in [-0.05, 0) is 18.4 Å². The molecule has 1 saturated heterocycles. The number of hydrogen-bond acceptors (Lipinski definition) is 3. The van der Waals surface area contributed by atoms with Crippen LogP contribution in [0.5, 0.6) is 0 Å². The lowest BCUT2D eigenvalue weighted by atomic mass is 10.1. The monoisotopic (exact) mass is 340 g/mol. The van der Waals surface area contributed by atoms with E-state index < -0.39 is 6.04 Å². The quantitative estimate of drug-likeness (QED) is 0.839. The van der Waals surface area contributed by atoms with Crippen molar-refractivity contribution in [3.8, 4) is 0 Å². The molecule has 1 aliphatic heterocycles. The third kappa shape index (κ3) is 4.92. The second-order valence-electron chi connectivity index (χ2n) is 6.36. The molecular formula is C19H24N4O2. The Morgan fingerprint density at radius 2 is 2.12 bits per heavy atom. The maximum Gasteiger partial charge on any atom is 0.242 e. The highest BCUT2D eigenvalue weighted by molar-refractivity contribution is 5.87. The van der Waals surface area contributed by atoms with E-state index in [1.54, 1.807) is 6.20 Å². The predicted molar refractivity (Wildman–Crippen MR) is 94.9 cm³/mol. The Bertz CT molecular complexity index is 711. The van der Waals surface area contributed by atoms with Crippen molar-refractivity contribution in [1.29, 1.82) is 0 Å². The molecule has 0 bridgehead atoms. The molecule has 3 rings (SSSR count). The molecule has 132 valence electrons. The molecule has 1 aliphatic rings. The van der Waals surface area contributed by atoms with E-state index >= 15 is 0 Å². The van der Waals surface area contributed by atoms with E-state index in [2.05, 4.69) is 32.3 Å². The van der Waals surface area contributed by atoms with Crippen LogP contribution in [0.4, 0.5) is 0 Å². The predicted octanol–water partition coefficient (Wildman–Crippen LogP) is 1.65. The highest BCUT2D eigenvalue weighted by Gasteiger charge is 2.22. The van der Waals surface area contributed by atoms with E-state index in [-0.39, 0.29) is 11.8 Å². The number of carbonyl (C=O) groups is 2. The number of nitrogens with zero attached hydrogens (tertiary/aromatic N) is 2. The molecule has 1 aromatic carbocycles. The van der Waals surface area contributed by atoms with Crippen LogP contribution in [0, 0.1) is 0 Å². The number of hydrogen-bond donors (Lipinski definition) is 2. The molecule has 1 aromatic heterocycles. The van der Waals surface area contributed by atoms with Gasteiger partial charge in [-0.15, -0.1) is 0 Å². The number of nitrogens with one attached hydrogen (secondary N) is 2. The maximum absolute atomic E-state index is 12.2. The molecule has 2 N–H and O–H groups in total. The van der Waals surface area contributed by atoms with E-state index in [1.807, 2.05) is 24.4 Å². The van der Waals surface area contributed by atoms with Crippen molar-refractivity contribution in [1.82, 2.24) is 20.2 Å². The van der Waals surface area contributed by atoms with Gasteiger partial charge in [0.1, 0.15) is 11.9 Å². The van der Waals surface area contributed by atoms with E-state index in [9.17, 15) is 9.59 Å². The van der Waals surface area contributed by atoms with Crippen LogP contribution in [-0.4, -0.2) is 34.0 Å². The van der Waals surface area contributed by atoms with Crippen molar-refractivity contribution < 1.29 is 9.59 Å². The molecule has 2 aromatic rings. The lowest BCUT2D eigenvalue weighted by molar-refractivity contribution is -0.128. The number of amides is 2. The van der Waals surface area contributed by atoms with Crippen LogP contribution in [0.2, 0.25) is 0 Å². The summed E-state index contributed by atoms with van der Waals surface area (Å²) in [4.78, 5) is 28.2. The van der Waals surface area contributed by atoms with Gasteiger partial charge < -0.3 is 15.2 Å². The van der Waals surface area contributed by atoms with Crippen molar-refractivity contribution in [2.75, 3.05) is 6.54 Å². The average molecular weight is 340 g/mol. The first kappa shape index (κ1) is 17.2. The second-order valence-corrected chi connectivity index (χ2v) is 6.36. The molecular weight excluding hydrogens is 316 g/mol. The Balaban J connectivity index is 1.50. The van der Waals surface area contributed by atoms with E-state index in [1.165, 1.54) is 5.56 Å². The van der Waals surface area contributed by atoms with Crippen molar-refractivity contribution in [2.24, 2.45) is 0 Å². The molecule has 0 saturated carbocycles. The van der Waals surface area contributed by atoms with Gasteiger partial charge in [0.25, 0.3) is 0 Å². The maximum atomic E-state index is 12.2. The first-order chi connectivity index (χ1) is 12.2. The Labute approximate surface area is 147 Å². The lowest BCUT2D eigenvalue weighted by Gasteiger charge is -2.15. The molecule has 6 nitrogen and oxygen atoms in total. The largest absolute Gasteiger partial charge is 0.354 e. The topological polar surface area (TPSA) is 76.0 Å². The molecule has 2 amide bonds. The summed E-state index contributed by atoms with van der Waals surface area (Å²) in [6.07, 6.45) is 7.37. The van der Waals surface area contributed by atoms with E-state index in [4.69, 9.17) is 0 Å². The zero-order valence-electron chi connectivity index (χ0n) is 14.3. The fourth-order valence-electron chi connectivity index (χ4n) is 3.08. The molecule has 2 heterocycles.